The molecular formula is C16H26N2O3. The SMILES string of the molecule is COCCN(CC(C)C)C(=O)CCOc1ccccc1N. The van der Waals surface area contributed by atoms with Crippen LogP contribution in [0.4, 0.5) is 5.69 Å². The second-order valence-corrected chi connectivity index (χ2v) is 5.36. The summed E-state index contributed by atoms with van der Waals surface area (Å²) in [6, 6.07) is 7.29. The van der Waals surface area contributed by atoms with E-state index < -0.39 is 0 Å². The molecule has 1 aromatic rings. The Labute approximate surface area is 127 Å². The van der Waals surface area contributed by atoms with E-state index in [4.69, 9.17) is 15.2 Å². The van der Waals surface area contributed by atoms with Crippen LogP contribution in [0.25, 0.3) is 0 Å². The normalized spacial score (nSPS) is 10.7. The highest BCUT2D eigenvalue weighted by Crippen LogP contribution is 2.19. The van der Waals surface area contributed by atoms with E-state index in [9.17, 15) is 4.79 Å². The van der Waals surface area contributed by atoms with Crippen LogP contribution in [0, 0.1) is 5.92 Å². The van der Waals surface area contributed by atoms with Crippen LogP contribution >= 0.6 is 0 Å². The van der Waals surface area contributed by atoms with Gasteiger partial charge in [0, 0.05) is 20.2 Å². The molecule has 0 saturated carbocycles. The van der Waals surface area contributed by atoms with Crippen molar-refractivity contribution in [3.63, 3.8) is 0 Å². The zero-order valence-electron chi connectivity index (χ0n) is 13.2. The molecule has 1 rings (SSSR count). The quantitative estimate of drug-likeness (QED) is 0.709. The number of para-hydroxylation sites is 2. The Hall–Kier alpha value is -1.75. The minimum atomic E-state index is 0.0789. The van der Waals surface area contributed by atoms with Crippen LogP contribution in [-0.2, 0) is 9.53 Å². The number of nitrogen functional groups attached to an aromatic ring is 1. The van der Waals surface area contributed by atoms with Crippen molar-refractivity contribution in [3.8, 4) is 5.75 Å². The average molecular weight is 294 g/mol. The molecule has 0 unspecified atom stereocenters. The molecule has 0 aliphatic carbocycles. The van der Waals surface area contributed by atoms with E-state index in [-0.39, 0.29) is 5.91 Å². The zero-order valence-corrected chi connectivity index (χ0v) is 13.2. The van der Waals surface area contributed by atoms with Gasteiger partial charge in [-0.3, -0.25) is 4.79 Å². The van der Waals surface area contributed by atoms with Gasteiger partial charge in [0.2, 0.25) is 5.91 Å². The fourth-order valence-electron chi connectivity index (χ4n) is 1.98. The number of nitrogens with two attached hydrogens (primary N) is 1. The molecule has 118 valence electrons. The van der Waals surface area contributed by atoms with E-state index >= 15 is 0 Å². The maximum absolute atomic E-state index is 12.2. The van der Waals surface area contributed by atoms with Gasteiger partial charge in [-0.1, -0.05) is 26.0 Å². The van der Waals surface area contributed by atoms with Crippen LogP contribution in [0.3, 0.4) is 0 Å². The number of hydrogen-bond acceptors (Lipinski definition) is 4. The fraction of sp³-hybridized carbons (Fsp3) is 0.562. The summed E-state index contributed by atoms with van der Waals surface area (Å²) in [7, 11) is 1.64. The maximum atomic E-state index is 12.2. The number of amides is 1. The van der Waals surface area contributed by atoms with Gasteiger partial charge in [-0.05, 0) is 18.1 Å². The van der Waals surface area contributed by atoms with Crippen LogP contribution in [-0.4, -0.2) is 44.2 Å². The molecule has 0 aliphatic rings. The lowest BCUT2D eigenvalue weighted by molar-refractivity contribution is -0.132. The molecule has 0 atom stereocenters. The Morgan fingerprint density at radius 1 is 1.29 bits per heavy atom. The van der Waals surface area contributed by atoms with Crippen LogP contribution in [0.15, 0.2) is 24.3 Å². The molecule has 0 heterocycles. The molecule has 0 radical (unpaired) electrons. The van der Waals surface area contributed by atoms with Crippen LogP contribution < -0.4 is 10.5 Å². The van der Waals surface area contributed by atoms with Crippen molar-refractivity contribution in [2.75, 3.05) is 39.1 Å². The molecule has 2 N–H and O–H groups in total. The smallest absolute Gasteiger partial charge is 0.226 e. The molecule has 1 amide bonds. The maximum Gasteiger partial charge on any atom is 0.226 e. The number of carbonyl (C=O) groups excluding carboxylic acids is 1. The van der Waals surface area contributed by atoms with Gasteiger partial charge < -0.3 is 20.1 Å². The molecule has 0 aliphatic heterocycles. The topological polar surface area (TPSA) is 64.8 Å². The van der Waals surface area contributed by atoms with Gasteiger partial charge in [0.1, 0.15) is 5.75 Å². The van der Waals surface area contributed by atoms with Gasteiger partial charge >= 0.3 is 0 Å². The highest BCUT2D eigenvalue weighted by molar-refractivity contribution is 5.76. The third kappa shape index (κ3) is 6.49. The molecule has 0 saturated heterocycles. The van der Waals surface area contributed by atoms with E-state index in [1.165, 1.54) is 0 Å². The first kappa shape index (κ1) is 17.3. The van der Waals surface area contributed by atoms with E-state index in [1.54, 1.807) is 19.2 Å². The molecule has 0 bridgehead atoms. The van der Waals surface area contributed by atoms with Gasteiger partial charge in [0.15, 0.2) is 0 Å². The molecule has 5 heteroatoms. The van der Waals surface area contributed by atoms with Gasteiger partial charge in [0.25, 0.3) is 0 Å². The monoisotopic (exact) mass is 294 g/mol. The number of methoxy groups -OCH3 is 1. The molecular weight excluding hydrogens is 268 g/mol. The summed E-state index contributed by atoms with van der Waals surface area (Å²) in [4.78, 5) is 14.0. The molecule has 21 heavy (non-hydrogen) atoms. The van der Waals surface area contributed by atoms with Crippen molar-refractivity contribution in [2.45, 2.75) is 20.3 Å². The summed E-state index contributed by atoms with van der Waals surface area (Å²) in [6.45, 7) is 6.40. The molecule has 1 aromatic carbocycles. The number of nitrogens with zero attached hydrogens (tertiary/aromatic N) is 1. The van der Waals surface area contributed by atoms with Crippen molar-refractivity contribution in [2.24, 2.45) is 5.92 Å². The minimum Gasteiger partial charge on any atom is -0.491 e. The Morgan fingerprint density at radius 2 is 2.00 bits per heavy atom. The molecule has 0 fully saturated rings. The van der Waals surface area contributed by atoms with Crippen LogP contribution in [0.5, 0.6) is 5.75 Å². The number of carbonyl (C=O) groups is 1. The number of hydrogen-bond donors (Lipinski definition) is 1. The van der Waals surface area contributed by atoms with Crippen LogP contribution in [0.2, 0.25) is 0 Å². The summed E-state index contributed by atoms with van der Waals surface area (Å²) in [6.07, 6.45) is 0.338. The van der Waals surface area contributed by atoms with Crippen molar-refractivity contribution in [1.82, 2.24) is 4.90 Å². The highest BCUT2D eigenvalue weighted by Gasteiger charge is 2.14. The Bertz CT molecular complexity index is 435. The molecule has 0 aromatic heterocycles. The summed E-state index contributed by atoms with van der Waals surface area (Å²) in [5, 5.41) is 0. The Kier molecular flexibility index (Phi) is 7.61. The lowest BCUT2D eigenvalue weighted by atomic mass is 10.2. The third-order valence-electron chi connectivity index (χ3n) is 3.00. The predicted molar refractivity (Wildman–Crippen MR) is 84.3 cm³/mol. The number of ether oxygens (including phenoxy) is 2. The highest BCUT2D eigenvalue weighted by atomic mass is 16.5. The third-order valence-corrected chi connectivity index (χ3v) is 3.00. The van der Waals surface area contributed by atoms with Gasteiger partial charge in [-0.15, -0.1) is 0 Å². The first-order chi connectivity index (χ1) is 10.0. The van der Waals surface area contributed by atoms with Crippen LogP contribution in [0.1, 0.15) is 20.3 Å². The van der Waals surface area contributed by atoms with Crippen molar-refractivity contribution in [1.29, 1.82) is 0 Å². The minimum absolute atomic E-state index is 0.0789. The van der Waals surface area contributed by atoms with Crippen molar-refractivity contribution < 1.29 is 14.3 Å². The Balaban J connectivity index is 2.44. The predicted octanol–water partition coefficient (Wildman–Crippen LogP) is 2.17. The number of benzene rings is 1. The lowest BCUT2D eigenvalue weighted by Crippen LogP contribution is -2.37. The first-order valence-corrected chi connectivity index (χ1v) is 7.28. The lowest BCUT2D eigenvalue weighted by Gasteiger charge is -2.24. The average Bonchev–Trinajstić information content (AvgIpc) is 2.45. The van der Waals surface area contributed by atoms with Crippen molar-refractivity contribution in [3.05, 3.63) is 24.3 Å². The summed E-state index contributed by atoms with van der Waals surface area (Å²) in [5.74, 6) is 1.13. The number of anilines is 1. The largest absolute Gasteiger partial charge is 0.491 e. The van der Waals surface area contributed by atoms with E-state index in [1.807, 2.05) is 17.0 Å². The van der Waals surface area contributed by atoms with E-state index in [2.05, 4.69) is 13.8 Å². The second kappa shape index (κ2) is 9.23. The molecule has 5 nitrogen and oxygen atoms in total. The summed E-state index contributed by atoms with van der Waals surface area (Å²) < 4.78 is 10.6. The van der Waals surface area contributed by atoms with Gasteiger partial charge in [-0.25, -0.2) is 0 Å². The zero-order chi connectivity index (χ0) is 15.7. The van der Waals surface area contributed by atoms with Gasteiger partial charge in [-0.2, -0.15) is 0 Å². The van der Waals surface area contributed by atoms with E-state index in [0.29, 0.717) is 43.5 Å². The number of rotatable bonds is 9. The van der Waals surface area contributed by atoms with E-state index in [0.717, 1.165) is 6.54 Å². The summed E-state index contributed by atoms with van der Waals surface area (Å²) in [5.41, 5.74) is 6.38. The Morgan fingerprint density at radius 3 is 2.62 bits per heavy atom. The van der Waals surface area contributed by atoms with Crippen molar-refractivity contribution >= 4 is 11.6 Å². The van der Waals surface area contributed by atoms with Gasteiger partial charge in [0.05, 0.1) is 25.3 Å². The standard InChI is InChI=1S/C16H26N2O3/c1-13(2)12-18(9-11-20-3)16(19)8-10-21-15-7-5-4-6-14(15)17/h4-7,13H,8-12,17H2,1-3H3. The molecule has 0 spiro atoms. The second-order valence-electron chi connectivity index (χ2n) is 5.36. The first-order valence-electron chi connectivity index (χ1n) is 7.28. The summed E-state index contributed by atoms with van der Waals surface area (Å²) >= 11 is 0. The fourth-order valence-corrected chi connectivity index (χ4v) is 1.98.